The fraction of sp³-hybridized carbons (Fsp3) is 0.588. The van der Waals surface area contributed by atoms with Crippen LogP contribution in [0.1, 0.15) is 43.2 Å². The quantitative estimate of drug-likeness (QED) is 0.821. The van der Waals surface area contributed by atoms with Gasteiger partial charge in [0.1, 0.15) is 0 Å². The predicted octanol–water partition coefficient (Wildman–Crippen LogP) is 3.84. The van der Waals surface area contributed by atoms with Crippen molar-refractivity contribution >= 4 is 17.5 Å². The molecule has 110 valence electrons. The molecule has 0 aromatic heterocycles. The molecule has 1 aliphatic carbocycles. The molecule has 2 nitrogen and oxygen atoms in total. The molecule has 0 spiro atoms. The molecule has 2 unspecified atom stereocenters. The topological polar surface area (TPSA) is 29.1 Å². The number of hydrogen-bond acceptors (Lipinski definition) is 1. The lowest BCUT2D eigenvalue weighted by molar-refractivity contribution is -0.121. The van der Waals surface area contributed by atoms with Gasteiger partial charge in [0, 0.05) is 18.3 Å². The summed E-state index contributed by atoms with van der Waals surface area (Å²) in [6, 6.07) is 8.38. The van der Waals surface area contributed by atoms with E-state index >= 15 is 0 Å². The van der Waals surface area contributed by atoms with Gasteiger partial charge in [-0.3, -0.25) is 4.79 Å². The highest BCUT2D eigenvalue weighted by molar-refractivity contribution is 6.20. The Hall–Kier alpha value is -1.02. The molecule has 1 fully saturated rings. The SMILES string of the molecule is Cc1ccc(CCC(=O)NCC2CCCC(Cl)C2)cc1. The number of carbonyl (C=O) groups excluding carboxylic acids is 1. The number of halogens is 1. The zero-order chi connectivity index (χ0) is 14.4. The van der Waals surface area contributed by atoms with Gasteiger partial charge in [0.05, 0.1) is 0 Å². The highest BCUT2D eigenvalue weighted by Crippen LogP contribution is 2.27. The Balaban J connectivity index is 1.66. The molecule has 1 aromatic carbocycles. The molecule has 2 atom stereocenters. The molecule has 0 aliphatic heterocycles. The van der Waals surface area contributed by atoms with E-state index in [9.17, 15) is 4.79 Å². The maximum absolute atomic E-state index is 11.9. The first kappa shape index (κ1) is 15.4. The highest BCUT2D eigenvalue weighted by atomic mass is 35.5. The molecule has 0 bridgehead atoms. The number of hydrogen-bond donors (Lipinski definition) is 1. The van der Waals surface area contributed by atoms with Gasteiger partial charge in [-0.15, -0.1) is 11.6 Å². The Kier molecular flexibility index (Phi) is 5.90. The van der Waals surface area contributed by atoms with E-state index in [0.717, 1.165) is 25.8 Å². The number of benzene rings is 1. The fourth-order valence-corrected chi connectivity index (χ4v) is 3.18. The second kappa shape index (κ2) is 7.68. The second-order valence-corrected chi connectivity index (χ2v) is 6.54. The highest BCUT2D eigenvalue weighted by Gasteiger charge is 2.20. The summed E-state index contributed by atoms with van der Waals surface area (Å²) in [5.74, 6) is 0.719. The van der Waals surface area contributed by atoms with Crippen molar-refractivity contribution in [2.75, 3.05) is 6.54 Å². The van der Waals surface area contributed by atoms with Crippen molar-refractivity contribution in [2.45, 2.75) is 50.8 Å². The van der Waals surface area contributed by atoms with Crippen molar-refractivity contribution in [3.05, 3.63) is 35.4 Å². The van der Waals surface area contributed by atoms with Crippen LogP contribution < -0.4 is 5.32 Å². The van der Waals surface area contributed by atoms with Gasteiger partial charge in [-0.05, 0) is 44.1 Å². The van der Waals surface area contributed by atoms with Gasteiger partial charge in [0.25, 0.3) is 0 Å². The van der Waals surface area contributed by atoms with Crippen LogP contribution in [0.4, 0.5) is 0 Å². The average Bonchev–Trinajstić information content (AvgIpc) is 2.45. The van der Waals surface area contributed by atoms with Gasteiger partial charge in [0.2, 0.25) is 5.91 Å². The van der Waals surface area contributed by atoms with Crippen molar-refractivity contribution in [2.24, 2.45) is 5.92 Å². The molecule has 2 rings (SSSR count). The second-order valence-electron chi connectivity index (χ2n) is 5.92. The van der Waals surface area contributed by atoms with Crippen molar-refractivity contribution in [1.29, 1.82) is 0 Å². The Bertz CT molecular complexity index is 429. The predicted molar refractivity (Wildman–Crippen MR) is 84.1 cm³/mol. The summed E-state index contributed by atoms with van der Waals surface area (Å²) < 4.78 is 0. The molecule has 1 aliphatic rings. The maximum Gasteiger partial charge on any atom is 0.220 e. The van der Waals surface area contributed by atoms with Crippen LogP contribution in [-0.4, -0.2) is 17.8 Å². The minimum atomic E-state index is 0.155. The molecular weight excluding hydrogens is 270 g/mol. The summed E-state index contributed by atoms with van der Waals surface area (Å²) >= 11 is 6.17. The number of aryl methyl sites for hydroxylation is 2. The molecule has 20 heavy (non-hydrogen) atoms. The Morgan fingerprint density at radius 2 is 2.05 bits per heavy atom. The molecule has 1 amide bonds. The minimum Gasteiger partial charge on any atom is -0.356 e. The molecule has 1 N–H and O–H groups in total. The summed E-state index contributed by atoms with van der Waals surface area (Å²) in [6.45, 7) is 2.86. The lowest BCUT2D eigenvalue weighted by atomic mass is 9.89. The van der Waals surface area contributed by atoms with Crippen LogP contribution >= 0.6 is 11.6 Å². The molecular formula is C17H24ClNO. The van der Waals surface area contributed by atoms with Gasteiger partial charge >= 0.3 is 0 Å². The molecule has 0 radical (unpaired) electrons. The Morgan fingerprint density at radius 1 is 1.30 bits per heavy atom. The van der Waals surface area contributed by atoms with Gasteiger partial charge in [0.15, 0.2) is 0 Å². The summed E-state index contributed by atoms with van der Waals surface area (Å²) in [6.07, 6.45) is 5.94. The number of alkyl halides is 1. The normalized spacial score (nSPS) is 22.5. The Labute approximate surface area is 126 Å². The molecule has 1 aromatic rings. The summed E-state index contributed by atoms with van der Waals surface area (Å²) in [5.41, 5.74) is 2.48. The van der Waals surface area contributed by atoms with Crippen LogP contribution in [0.15, 0.2) is 24.3 Å². The summed E-state index contributed by atoms with van der Waals surface area (Å²) in [7, 11) is 0. The van der Waals surface area contributed by atoms with E-state index in [1.807, 2.05) is 0 Å². The van der Waals surface area contributed by atoms with E-state index in [0.29, 0.717) is 17.7 Å². The van der Waals surface area contributed by atoms with E-state index in [1.165, 1.54) is 24.0 Å². The molecule has 3 heteroatoms. The van der Waals surface area contributed by atoms with E-state index in [-0.39, 0.29) is 5.91 Å². The smallest absolute Gasteiger partial charge is 0.220 e. The zero-order valence-corrected chi connectivity index (χ0v) is 13.0. The third-order valence-corrected chi connectivity index (χ3v) is 4.46. The molecule has 0 heterocycles. The number of rotatable bonds is 5. The average molecular weight is 294 g/mol. The van der Waals surface area contributed by atoms with Gasteiger partial charge in [-0.25, -0.2) is 0 Å². The monoisotopic (exact) mass is 293 g/mol. The third kappa shape index (κ3) is 5.16. The van der Waals surface area contributed by atoms with Crippen LogP contribution in [0.3, 0.4) is 0 Å². The lowest BCUT2D eigenvalue weighted by Gasteiger charge is -2.25. The fourth-order valence-electron chi connectivity index (χ4n) is 2.77. The number of nitrogens with one attached hydrogen (secondary N) is 1. The van der Waals surface area contributed by atoms with Crippen LogP contribution in [0, 0.1) is 12.8 Å². The van der Waals surface area contributed by atoms with Gasteiger partial charge < -0.3 is 5.32 Å². The molecule has 1 saturated carbocycles. The van der Waals surface area contributed by atoms with Crippen molar-refractivity contribution in [3.63, 3.8) is 0 Å². The van der Waals surface area contributed by atoms with E-state index in [1.54, 1.807) is 0 Å². The van der Waals surface area contributed by atoms with Crippen LogP contribution in [-0.2, 0) is 11.2 Å². The zero-order valence-electron chi connectivity index (χ0n) is 12.2. The standard InChI is InChI=1S/C17H24ClNO/c1-13-5-7-14(8-6-13)9-10-17(20)19-12-15-3-2-4-16(18)11-15/h5-8,15-16H,2-4,9-12H2,1H3,(H,19,20). The number of amides is 1. The van der Waals surface area contributed by atoms with Gasteiger partial charge in [-0.1, -0.05) is 36.2 Å². The largest absolute Gasteiger partial charge is 0.356 e. The first-order valence-corrected chi connectivity index (χ1v) is 8.03. The number of carbonyl (C=O) groups is 1. The first-order chi connectivity index (χ1) is 9.63. The van der Waals surface area contributed by atoms with Crippen LogP contribution in [0.2, 0.25) is 0 Å². The Morgan fingerprint density at radius 3 is 2.75 bits per heavy atom. The lowest BCUT2D eigenvalue weighted by Crippen LogP contribution is -2.32. The van der Waals surface area contributed by atoms with E-state index < -0.39 is 0 Å². The van der Waals surface area contributed by atoms with Crippen molar-refractivity contribution in [1.82, 2.24) is 5.32 Å². The molecule has 0 saturated heterocycles. The van der Waals surface area contributed by atoms with Crippen molar-refractivity contribution < 1.29 is 4.79 Å². The minimum absolute atomic E-state index is 0.155. The van der Waals surface area contributed by atoms with Crippen molar-refractivity contribution in [3.8, 4) is 0 Å². The van der Waals surface area contributed by atoms with E-state index in [4.69, 9.17) is 11.6 Å². The third-order valence-electron chi connectivity index (χ3n) is 4.07. The first-order valence-electron chi connectivity index (χ1n) is 7.60. The van der Waals surface area contributed by atoms with Crippen LogP contribution in [0.5, 0.6) is 0 Å². The van der Waals surface area contributed by atoms with Crippen LogP contribution in [0.25, 0.3) is 0 Å². The summed E-state index contributed by atoms with van der Waals surface area (Å²) in [5, 5.41) is 3.36. The van der Waals surface area contributed by atoms with E-state index in [2.05, 4.69) is 36.5 Å². The summed E-state index contributed by atoms with van der Waals surface area (Å²) in [4.78, 5) is 11.9. The maximum atomic E-state index is 11.9. The van der Waals surface area contributed by atoms with Gasteiger partial charge in [-0.2, -0.15) is 0 Å².